The Hall–Kier alpha value is -2.70. The molecule has 0 fully saturated rings. The summed E-state index contributed by atoms with van der Waals surface area (Å²) in [5.74, 6) is -3.90. The summed E-state index contributed by atoms with van der Waals surface area (Å²) in [5, 5.41) is 8.71. The number of carbonyl (C=O) groups excluding carboxylic acids is 1. The van der Waals surface area contributed by atoms with E-state index in [1.165, 1.54) is 19.2 Å². The minimum atomic E-state index is -1.29. The molecule has 2 rings (SSSR count). The summed E-state index contributed by atoms with van der Waals surface area (Å²) in [5.41, 5.74) is 0.136. The molecule has 0 aliphatic heterocycles. The normalized spacial score (nSPS) is 10.4. The van der Waals surface area contributed by atoms with Crippen molar-refractivity contribution in [2.75, 3.05) is 7.05 Å². The van der Waals surface area contributed by atoms with Crippen molar-refractivity contribution in [2.24, 2.45) is 0 Å². The van der Waals surface area contributed by atoms with Crippen molar-refractivity contribution < 1.29 is 27.9 Å². The smallest absolute Gasteiger partial charge is 0.371 e. The van der Waals surface area contributed by atoms with Crippen LogP contribution in [0.5, 0.6) is 0 Å². The van der Waals surface area contributed by atoms with Crippen molar-refractivity contribution in [3.63, 3.8) is 0 Å². The van der Waals surface area contributed by atoms with Gasteiger partial charge in [0.1, 0.15) is 11.6 Å². The third kappa shape index (κ3) is 3.25. The number of hydrogen-bond donors (Lipinski definition) is 1. The summed E-state index contributed by atoms with van der Waals surface area (Å²) in [6.07, 6.45) is 0. The lowest BCUT2D eigenvalue weighted by molar-refractivity contribution is 0.0653. The second-order valence-corrected chi connectivity index (χ2v) is 4.37. The lowest BCUT2D eigenvalue weighted by atomic mass is 10.2. The molecule has 0 aliphatic rings. The van der Waals surface area contributed by atoms with Gasteiger partial charge < -0.3 is 14.4 Å². The van der Waals surface area contributed by atoms with Crippen molar-refractivity contribution in [2.45, 2.75) is 6.54 Å². The third-order valence-electron chi connectivity index (χ3n) is 2.80. The van der Waals surface area contributed by atoms with Crippen molar-refractivity contribution >= 4 is 11.9 Å². The van der Waals surface area contributed by atoms with Gasteiger partial charge in [0.05, 0.1) is 0 Å². The topological polar surface area (TPSA) is 70.8 Å². The lowest BCUT2D eigenvalue weighted by Gasteiger charge is -2.16. The van der Waals surface area contributed by atoms with Gasteiger partial charge in [-0.05, 0) is 18.2 Å². The number of halogens is 2. The first-order valence-electron chi connectivity index (χ1n) is 5.91. The maximum Gasteiger partial charge on any atom is 0.371 e. The van der Waals surface area contributed by atoms with E-state index in [0.717, 1.165) is 23.1 Å². The van der Waals surface area contributed by atoms with Crippen LogP contribution in [0.1, 0.15) is 26.7 Å². The Morgan fingerprint density at radius 3 is 2.43 bits per heavy atom. The molecule has 7 heteroatoms. The molecule has 0 aliphatic carbocycles. The second-order valence-electron chi connectivity index (χ2n) is 4.37. The molecule has 0 saturated heterocycles. The predicted molar refractivity (Wildman–Crippen MR) is 67.8 cm³/mol. The van der Waals surface area contributed by atoms with E-state index in [9.17, 15) is 18.4 Å². The van der Waals surface area contributed by atoms with Gasteiger partial charge in [0, 0.05) is 25.2 Å². The lowest BCUT2D eigenvalue weighted by Crippen LogP contribution is -2.26. The average molecular weight is 295 g/mol. The Bertz CT molecular complexity index is 696. The standard InChI is InChI=1S/C14H11F2NO4/c1-17(7-8-2-3-9(15)6-10(8)16)13(18)11-4-5-12(21-11)14(19)20/h2-6H,7H2,1H3,(H,19,20). The largest absolute Gasteiger partial charge is 0.475 e. The van der Waals surface area contributed by atoms with E-state index in [0.29, 0.717) is 0 Å². The first-order chi connectivity index (χ1) is 9.88. The SMILES string of the molecule is CN(Cc1ccc(F)cc1F)C(=O)c1ccc(C(=O)O)o1. The van der Waals surface area contributed by atoms with E-state index in [2.05, 4.69) is 0 Å². The fourth-order valence-corrected chi connectivity index (χ4v) is 1.73. The summed E-state index contributed by atoms with van der Waals surface area (Å²) in [6.45, 7) is -0.103. The fourth-order valence-electron chi connectivity index (χ4n) is 1.73. The molecule has 1 amide bonds. The van der Waals surface area contributed by atoms with Crippen molar-refractivity contribution in [3.8, 4) is 0 Å². The number of furan rings is 1. The van der Waals surface area contributed by atoms with Crippen molar-refractivity contribution in [1.29, 1.82) is 0 Å². The minimum absolute atomic E-state index is 0.103. The molecule has 0 unspecified atom stereocenters. The Morgan fingerprint density at radius 2 is 1.86 bits per heavy atom. The summed E-state index contributed by atoms with van der Waals surface area (Å²) < 4.78 is 31.2. The first kappa shape index (κ1) is 14.7. The van der Waals surface area contributed by atoms with Gasteiger partial charge in [-0.15, -0.1) is 0 Å². The van der Waals surface area contributed by atoms with E-state index in [-0.39, 0.29) is 23.6 Å². The quantitative estimate of drug-likeness (QED) is 0.941. The van der Waals surface area contributed by atoms with Gasteiger partial charge in [0.15, 0.2) is 5.76 Å². The number of aromatic carboxylic acids is 1. The number of amides is 1. The van der Waals surface area contributed by atoms with Crippen LogP contribution in [-0.2, 0) is 6.54 Å². The van der Waals surface area contributed by atoms with E-state index in [1.54, 1.807) is 0 Å². The van der Waals surface area contributed by atoms with Gasteiger partial charge >= 0.3 is 5.97 Å². The fraction of sp³-hybridized carbons (Fsp3) is 0.143. The molecule has 1 aromatic heterocycles. The van der Waals surface area contributed by atoms with E-state index >= 15 is 0 Å². The summed E-state index contributed by atoms with van der Waals surface area (Å²) in [6, 6.07) is 5.43. The Morgan fingerprint density at radius 1 is 1.19 bits per heavy atom. The first-order valence-corrected chi connectivity index (χ1v) is 5.91. The zero-order valence-electron chi connectivity index (χ0n) is 11.0. The van der Waals surface area contributed by atoms with Crippen molar-refractivity contribution in [1.82, 2.24) is 4.90 Å². The second kappa shape index (κ2) is 5.74. The van der Waals surface area contributed by atoms with Crippen LogP contribution in [0.2, 0.25) is 0 Å². The number of rotatable bonds is 4. The van der Waals surface area contributed by atoms with Gasteiger partial charge in [0.2, 0.25) is 5.76 Å². The predicted octanol–water partition coefficient (Wildman–Crippen LogP) is 2.53. The number of hydrogen-bond acceptors (Lipinski definition) is 3. The number of carboxylic acids is 1. The van der Waals surface area contributed by atoms with E-state index in [4.69, 9.17) is 9.52 Å². The van der Waals surface area contributed by atoms with E-state index < -0.39 is 23.5 Å². The highest BCUT2D eigenvalue weighted by atomic mass is 19.1. The van der Waals surface area contributed by atoms with Crippen LogP contribution in [0.25, 0.3) is 0 Å². The molecular formula is C14H11F2NO4. The summed E-state index contributed by atoms with van der Waals surface area (Å²) in [7, 11) is 1.40. The molecule has 21 heavy (non-hydrogen) atoms. The van der Waals surface area contributed by atoms with Crippen LogP contribution in [0.15, 0.2) is 34.7 Å². The Labute approximate surface area is 118 Å². The molecule has 2 aromatic rings. The molecule has 110 valence electrons. The maximum atomic E-state index is 13.5. The zero-order valence-corrected chi connectivity index (χ0v) is 11.0. The average Bonchev–Trinajstić information content (AvgIpc) is 2.90. The highest BCUT2D eigenvalue weighted by molar-refractivity contribution is 5.93. The van der Waals surface area contributed by atoms with Crippen LogP contribution in [0.3, 0.4) is 0 Å². The zero-order chi connectivity index (χ0) is 15.6. The molecular weight excluding hydrogens is 284 g/mol. The van der Waals surface area contributed by atoms with Crippen LogP contribution in [-0.4, -0.2) is 28.9 Å². The van der Waals surface area contributed by atoms with Gasteiger partial charge in [-0.3, -0.25) is 4.79 Å². The molecule has 0 saturated carbocycles. The number of carboxylic acid groups (broad SMARTS) is 1. The monoisotopic (exact) mass is 295 g/mol. The van der Waals surface area contributed by atoms with Crippen LogP contribution in [0, 0.1) is 11.6 Å². The third-order valence-corrected chi connectivity index (χ3v) is 2.80. The van der Waals surface area contributed by atoms with Gasteiger partial charge in [-0.1, -0.05) is 6.07 Å². The van der Waals surface area contributed by atoms with Crippen LogP contribution < -0.4 is 0 Å². The highest BCUT2D eigenvalue weighted by Crippen LogP contribution is 2.15. The summed E-state index contributed by atoms with van der Waals surface area (Å²) >= 11 is 0. The molecule has 5 nitrogen and oxygen atoms in total. The highest BCUT2D eigenvalue weighted by Gasteiger charge is 2.19. The molecule has 0 radical (unpaired) electrons. The van der Waals surface area contributed by atoms with Crippen molar-refractivity contribution in [3.05, 3.63) is 59.1 Å². The number of carbonyl (C=O) groups is 2. The van der Waals surface area contributed by atoms with Gasteiger partial charge in [-0.25, -0.2) is 13.6 Å². The maximum absolute atomic E-state index is 13.5. The minimum Gasteiger partial charge on any atom is -0.475 e. The molecule has 1 N–H and O–H groups in total. The molecule has 0 atom stereocenters. The molecule has 1 heterocycles. The summed E-state index contributed by atoms with van der Waals surface area (Å²) in [4.78, 5) is 23.8. The number of nitrogens with zero attached hydrogens (tertiary/aromatic N) is 1. The van der Waals surface area contributed by atoms with E-state index in [1.807, 2.05) is 0 Å². The van der Waals surface area contributed by atoms with Gasteiger partial charge in [-0.2, -0.15) is 0 Å². The van der Waals surface area contributed by atoms with Crippen LogP contribution >= 0.6 is 0 Å². The Balaban J connectivity index is 2.13. The Kier molecular flexibility index (Phi) is 4.02. The molecule has 0 spiro atoms. The van der Waals surface area contributed by atoms with Gasteiger partial charge in [0.25, 0.3) is 5.91 Å². The molecule has 0 bridgehead atoms. The van der Waals surface area contributed by atoms with Crippen LogP contribution in [0.4, 0.5) is 8.78 Å². The molecule has 1 aromatic carbocycles. The number of benzene rings is 1.